The summed E-state index contributed by atoms with van der Waals surface area (Å²) in [5, 5.41) is 0. The fourth-order valence-corrected chi connectivity index (χ4v) is 1.75. The van der Waals surface area contributed by atoms with Crippen LogP contribution in [0.1, 0.15) is 0 Å². The van der Waals surface area contributed by atoms with Crippen LogP contribution in [0.25, 0.3) is 11.1 Å². The zero-order chi connectivity index (χ0) is 14.3. The van der Waals surface area contributed by atoms with Gasteiger partial charge in [-0.1, -0.05) is 0 Å². The van der Waals surface area contributed by atoms with E-state index in [2.05, 4.69) is 9.72 Å². The van der Waals surface area contributed by atoms with Crippen LogP contribution in [0.15, 0.2) is 27.5 Å². The van der Waals surface area contributed by atoms with Crippen molar-refractivity contribution < 1.29 is 35.3 Å². The minimum atomic E-state index is -4.54. The second-order valence-electron chi connectivity index (χ2n) is 3.49. The molecular weight excluding hydrogens is 291 g/mol. The average molecular weight is 297 g/mol. The van der Waals surface area contributed by atoms with Gasteiger partial charge in [-0.05, 0) is 18.2 Å². The topological polar surface area (TPSA) is 89.6 Å². The van der Waals surface area contributed by atoms with Crippen LogP contribution in [0.2, 0.25) is 0 Å². The zero-order valence-electron chi connectivity index (χ0n) is 9.01. The SMILES string of the molecule is O=S(=O)(O)c1ccc2oc(OCC(F)(F)F)nc2c1. The van der Waals surface area contributed by atoms with Gasteiger partial charge in [-0.25, -0.2) is 0 Å². The van der Waals surface area contributed by atoms with Crippen molar-refractivity contribution in [1.82, 2.24) is 4.98 Å². The van der Waals surface area contributed by atoms with Crippen molar-refractivity contribution in [2.75, 3.05) is 6.61 Å². The van der Waals surface area contributed by atoms with Crippen LogP contribution in [0, 0.1) is 0 Å². The molecule has 1 aromatic heterocycles. The number of hydrogen-bond donors (Lipinski definition) is 1. The summed E-state index contributed by atoms with van der Waals surface area (Å²) in [5.74, 6) is 0. The number of alkyl halides is 3. The first kappa shape index (κ1) is 13.6. The number of oxazole rings is 1. The molecule has 104 valence electrons. The van der Waals surface area contributed by atoms with Crippen LogP contribution in [0.5, 0.6) is 6.08 Å². The van der Waals surface area contributed by atoms with E-state index in [0.717, 1.165) is 18.2 Å². The Bertz CT molecular complexity index is 706. The largest absolute Gasteiger partial charge is 0.441 e. The molecule has 0 saturated heterocycles. The first-order valence-electron chi connectivity index (χ1n) is 4.73. The van der Waals surface area contributed by atoms with E-state index in [-0.39, 0.29) is 11.1 Å². The lowest BCUT2D eigenvalue weighted by atomic mass is 10.3. The van der Waals surface area contributed by atoms with Gasteiger partial charge in [-0.3, -0.25) is 4.55 Å². The van der Waals surface area contributed by atoms with Crippen molar-refractivity contribution in [3.8, 4) is 6.08 Å². The van der Waals surface area contributed by atoms with E-state index in [1.54, 1.807) is 0 Å². The molecule has 2 aromatic rings. The summed E-state index contributed by atoms with van der Waals surface area (Å²) in [5.41, 5.74) is -0.0168. The Morgan fingerprint density at radius 2 is 2.05 bits per heavy atom. The Morgan fingerprint density at radius 3 is 2.63 bits per heavy atom. The lowest BCUT2D eigenvalue weighted by Crippen LogP contribution is -2.19. The maximum Gasteiger partial charge on any atom is 0.422 e. The van der Waals surface area contributed by atoms with Crippen molar-refractivity contribution in [2.45, 2.75) is 11.1 Å². The maximum absolute atomic E-state index is 11.9. The summed E-state index contributed by atoms with van der Waals surface area (Å²) in [6.45, 7) is -1.58. The average Bonchev–Trinajstić information content (AvgIpc) is 2.65. The van der Waals surface area contributed by atoms with Crippen molar-refractivity contribution in [3.63, 3.8) is 0 Å². The molecule has 1 aromatic carbocycles. The number of rotatable bonds is 3. The van der Waals surface area contributed by atoms with E-state index < -0.39 is 33.9 Å². The van der Waals surface area contributed by atoms with E-state index in [4.69, 9.17) is 8.97 Å². The predicted molar refractivity (Wildman–Crippen MR) is 55.4 cm³/mol. The molecule has 6 nitrogen and oxygen atoms in total. The maximum atomic E-state index is 11.9. The van der Waals surface area contributed by atoms with Gasteiger partial charge in [0.1, 0.15) is 5.52 Å². The second kappa shape index (κ2) is 4.38. The van der Waals surface area contributed by atoms with Crippen LogP contribution >= 0.6 is 0 Å². The Kier molecular flexibility index (Phi) is 3.14. The molecule has 0 aliphatic rings. The molecule has 0 unspecified atom stereocenters. The van der Waals surface area contributed by atoms with Gasteiger partial charge in [-0.2, -0.15) is 26.6 Å². The lowest BCUT2D eigenvalue weighted by Gasteiger charge is -2.04. The van der Waals surface area contributed by atoms with Gasteiger partial charge in [0.25, 0.3) is 10.1 Å². The van der Waals surface area contributed by atoms with E-state index in [1.165, 1.54) is 0 Å². The highest BCUT2D eigenvalue weighted by Gasteiger charge is 2.29. The fraction of sp³-hybridized carbons (Fsp3) is 0.222. The molecule has 2 rings (SSSR count). The third-order valence-electron chi connectivity index (χ3n) is 2.00. The van der Waals surface area contributed by atoms with Gasteiger partial charge < -0.3 is 9.15 Å². The summed E-state index contributed by atoms with van der Waals surface area (Å²) >= 11 is 0. The molecule has 0 amide bonds. The minimum absolute atomic E-state index is 0.0320. The van der Waals surface area contributed by atoms with E-state index >= 15 is 0 Å². The number of fused-ring (bicyclic) bond motifs is 1. The number of hydrogen-bond acceptors (Lipinski definition) is 5. The van der Waals surface area contributed by atoms with Crippen LogP contribution in [0.4, 0.5) is 13.2 Å². The highest BCUT2D eigenvalue weighted by atomic mass is 32.2. The molecule has 0 atom stereocenters. The molecule has 0 fully saturated rings. The molecule has 0 bridgehead atoms. The first-order chi connectivity index (χ1) is 8.65. The second-order valence-corrected chi connectivity index (χ2v) is 4.91. The normalized spacial score (nSPS) is 12.8. The number of benzene rings is 1. The molecule has 10 heteroatoms. The van der Waals surface area contributed by atoms with E-state index in [1.807, 2.05) is 0 Å². The van der Waals surface area contributed by atoms with Gasteiger partial charge in [-0.15, -0.1) is 0 Å². The van der Waals surface area contributed by atoms with Crippen LogP contribution in [-0.4, -0.2) is 30.7 Å². The van der Waals surface area contributed by atoms with Crippen LogP contribution < -0.4 is 4.74 Å². The molecular formula is C9H6F3NO5S. The summed E-state index contributed by atoms with van der Waals surface area (Å²) in [6.07, 6.45) is -5.18. The van der Waals surface area contributed by atoms with E-state index in [9.17, 15) is 21.6 Å². The number of aromatic nitrogens is 1. The van der Waals surface area contributed by atoms with Crippen molar-refractivity contribution in [3.05, 3.63) is 18.2 Å². The molecule has 0 aliphatic heterocycles. The van der Waals surface area contributed by atoms with Crippen molar-refractivity contribution in [1.29, 1.82) is 0 Å². The van der Waals surface area contributed by atoms with Crippen LogP contribution in [-0.2, 0) is 10.1 Å². The molecule has 0 spiro atoms. The Labute approximate surface area is 104 Å². The summed E-state index contributed by atoms with van der Waals surface area (Å²) < 4.78 is 75.3. The van der Waals surface area contributed by atoms with Crippen molar-refractivity contribution >= 4 is 21.2 Å². The molecule has 0 radical (unpaired) electrons. The smallest absolute Gasteiger partial charge is 0.422 e. The Balaban J connectivity index is 2.31. The lowest BCUT2D eigenvalue weighted by molar-refractivity contribution is -0.156. The highest BCUT2D eigenvalue weighted by Crippen LogP contribution is 2.24. The Morgan fingerprint density at radius 1 is 1.37 bits per heavy atom. The quantitative estimate of drug-likeness (QED) is 0.872. The minimum Gasteiger partial charge on any atom is -0.441 e. The summed E-state index contributed by atoms with van der Waals surface area (Å²) in [7, 11) is -4.42. The molecule has 1 heterocycles. The van der Waals surface area contributed by atoms with Gasteiger partial charge in [0.05, 0.1) is 4.90 Å². The molecule has 19 heavy (non-hydrogen) atoms. The number of ether oxygens (including phenoxy) is 1. The number of nitrogens with zero attached hydrogens (tertiary/aromatic N) is 1. The third kappa shape index (κ3) is 3.35. The van der Waals surface area contributed by atoms with Gasteiger partial charge >= 0.3 is 12.3 Å². The Hall–Kier alpha value is -1.81. The van der Waals surface area contributed by atoms with Gasteiger partial charge in [0.2, 0.25) is 0 Å². The van der Waals surface area contributed by atoms with Crippen molar-refractivity contribution in [2.24, 2.45) is 0 Å². The first-order valence-corrected chi connectivity index (χ1v) is 6.17. The summed E-state index contributed by atoms with van der Waals surface area (Å²) in [6, 6.07) is 3.12. The fourth-order valence-electron chi connectivity index (χ4n) is 1.25. The standard InChI is InChI=1S/C9H6F3NO5S/c10-9(11,12)4-17-8-13-6-3-5(19(14,15)16)1-2-7(6)18-8/h1-3H,4H2,(H,14,15,16). The molecule has 1 N–H and O–H groups in total. The highest BCUT2D eigenvalue weighted by molar-refractivity contribution is 7.85. The monoisotopic (exact) mass is 297 g/mol. The molecule has 0 saturated carbocycles. The number of halogens is 3. The zero-order valence-corrected chi connectivity index (χ0v) is 9.83. The third-order valence-corrected chi connectivity index (χ3v) is 2.85. The van der Waals surface area contributed by atoms with Gasteiger partial charge in [0.15, 0.2) is 12.2 Å². The summed E-state index contributed by atoms with van der Waals surface area (Å²) in [4.78, 5) is 3.08. The van der Waals surface area contributed by atoms with Gasteiger partial charge in [0, 0.05) is 0 Å². The van der Waals surface area contributed by atoms with Crippen LogP contribution in [0.3, 0.4) is 0 Å². The van der Waals surface area contributed by atoms with E-state index in [0.29, 0.717) is 0 Å². The predicted octanol–water partition coefficient (Wildman–Crippen LogP) is 2.02. The molecule has 0 aliphatic carbocycles.